The van der Waals surface area contributed by atoms with Crippen molar-refractivity contribution in [2.45, 2.75) is 0 Å². The third-order valence-corrected chi connectivity index (χ3v) is 5.61. The van der Waals surface area contributed by atoms with E-state index in [2.05, 4.69) is 5.32 Å². The van der Waals surface area contributed by atoms with Gasteiger partial charge >= 0.3 is 0 Å². The van der Waals surface area contributed by atoms with Crippen LogP contribution in [0.1, 0.15) is 5.56 Å². The van der Waals surface area contributed by atoms with Crippen LogP contribution >= 0.6 is 35.0 Å². The van der Waals surface area contributed by atoms with Gasteiger partial charge in [-0.2, -0.15) is 0 Å². The Morgan fingerprint density at radius 1 is 1.16 bits per heavy atom. The highest BCUT2D eigenvalue weighted by atomic mass is 35.5. The van der Waals surface area contributed by atoms with Crippen LogP contribution in [0.2, 0.25) is 10.0 Å². The Morgan fingerprint density at radius 2 is 1.90 bits per heavy atom. The molecule has 0 saturated carbocycles. The highest BCUT2D eigenvalue weighted by molar-refractivity contribution is 8.18. The van der Waals surface area contributed by atoms with Crippen LogP contribution in [0.15, 0.2) is 35.2 Å². The standard InChI is InChI=1S/C20H15Cl2FN2O5S/c1-29-15-6-10(5-13(22)18(15)30-2)7-16-19(27)25(20(28)31-16)9-17(26)24-11-3-4-14(23)12(21)8-11/h3-8H,9H2,1-2H3,(H,24,26)/b16-7-. The monoisotopic (exact) mass is 484 g/mol. The van der Waals surface area contributed by atoms with Gasteiger partial charge in [-0.15, -0.1) is 0 Å². The zero-order valence-corrected chi connectivity index (χ0v) is 18.5. The largest absolute Gasteiger partial charge is 0.493 e. The van der Waals surface area contributed by atoms with Crippen LogP contribution in [0.25, 0.3) is 6.08 Å². The molecule has 0 spiro atoms. The van der Waals surface area contributed by atoms with E-state index in [4.69, 9.17) is 32.7 Å². The predicted octanol–water partition coefficient (Wildman–Crippen LogP) is 4.82. The van der Waals surface area contributed by atoms with Gasteiger partial charge in [0.15, 0.2) is 11.5 Å². The predicted molar refractivity (Wildman–Crippen MR) is 117 cm³/mol. The van der Waals surface area contributed by atoms with Crippen molar-refractivity contribution in [3.05, 3.63) is 56.7 Å². The fraction of sp³-hybridized carbons (Fsp3) is 0.150. The Kier molecular flexibility index (Phi) is 7.09. The second kappa shape index (κ2) is 9.59. The number of carbonyl (C=O) groups excluding carboxylic acids is 3. The highest BCUT2D eigenvalue weighted by Gasteiger charge is 2.36. The summed E-state index contributed by atoms with van der Waals surface area (Å²) >= 11 is 12.5. The van der Waals surface area contributed by atoms with Crippen molar-refractivity contribution in [3.63, 3.8) is 0 Å². The quantitative estimate of drug-likeness (QED) is 0.591. The van der Waals surface area contributed by atoms with Crippen molar-refractivity contribution in [3.8, 4) is 11.5 Å². The number of hydrogen-bond donors (Lipinski definition) is 1. The first kappa shape index (κ1) is 22.9. The Morgan fingerprint density at radius 3 is 2.55 bits per heavy atom. The lowest BCUT2D eigenvalue weighted by Crippen LogP contribution is -2.36. The molecule has 11 heteroatoms. The van der Waals surface area contributed by atoms with Gasteiger partial charge in [-0.1, -0.05) is 23.2 Å². The molecule has 162 valence electrons. The number of imide groups is 1. The van der Waals surface area contributed by atoms with Gasteiger partial charge < -0.3 is 14.8 Å². The maximum absolute atomic E-state index is 13.2. The van der Waals surface area contributed by atoms with Gasteiger partial charge in [0, 0.05) is 5.69 Å². The fourth-order valence-corrected chi connectivity index (χ4v) is 4.04. The summed E-state index contributed by atoms with van der Waals surface area (Å²) in [4.78, 5) is 38.1. The molecule has 7 nitrogen and oxygen atoms in total. The van der Waals surface area contributed by atoms with E-state index in [1.807, 2.05) is 0 Å². The number of hydrogen-bond acceptors (Lipinski definition) is 6. The molecule has 0 atom stereocenters. The average molecular weight is 485 g/mol. The Labute approximate surface area is 191 Å². The molecule has 1 saturated heterocycles. The lowest BCUT2D eigenvalue weighted by molar-refractivity contribution is -0.127. The molecule has 0 unspecified atom stereocenters. The number of rotatable bonds is 6. The van der Waals surface area contributed by atoms with E-state index < -0.39 is 29.4 Å². The first-order valence-electron chi connectivity index (χ1n) is 8.65. The van der Waals surface area contributed by atoms with Gasteiger partial charge in [-0.3, -0.25) is 19.3 Å². The smallest absolute Gasteiger partial charge is 0.294 e. The third-order valence-electron chi connectivity index (χ3n) is 4.13. The van der Waals surface area contributed by atoms with Gasteiger partial charge in [0.1, 0.15) is 12.4 Å². The number of nitrogens with one attached hydrogen (secondary N) is 1. The van der Waals surface area contributed by atoms with Crippen molar-refractivity contribution < 1.29 is 28.2 Å². The van der Waals surface area contributed by atoms with Crippen LogP contribution in [0, 0.1) is 5.82 Å². The number of halogens is 3. The molecule has 0 bridgehead atoms. The van der Waals surface area contributed by atoms with Crippen LogP contribution in [0.4, 0.5) is 14.9 Å². The first-order valence-corrected chi connectivity index (χ1v) is 10.2. The van der Waals surface area contributed by atoms with Gasteiger partial charge in [0.05, 0.1) is 29.2 Å². The number of anilines is 1. The van der Waals surface area contributed by atoms with Crippen LogP contribution in [-0.4, -0.2) is 42.7 Å². The summed E-state index contributed by atoms with van der Waals surface area (Å²) in [5.41, 5.74) is 0.748. The van der Waals surface area contributed by atoms with Crippen LogP contribution < -0.4 is 14.8 Å². The van der Waals surface area contributed by atoms with E-state index in [0.717, 1.165) is 11.0 Å². The molecule has 1 N–H and O–H groups in total. The van der Waals surface area contributed by atoms with E-state index in [1.54, 1.807) is 12.1 Å². The summed E-state index contributed by atoms with van der Waals surface area (Å²) < 4.78 is 23.6. The molecular formula is C20H15Cl2FN2O5S. The second-order valence-corrected chi connectivity index (χ2v) is 7.99. The lowest BCUT2D eigenvalue weighted by atomic mass is 10.2. The van der Waals surface area contributed by atoms with Crippen molar-refractivity contribution >= 4 is 63.8 Å². The van der Waals surface area contributed by atoms with Gasteiger partial charge in [-0.25, -0.2) is 4.39 Å². The molecule has 1 heterocycles. The molecule has 31 heavy (non-hydrogen) atoms. The zero-order chi connectivity index (χ0) is 22.7. The average Bonchev–Trinajstić information content (AvgIpc) is 2.97. The molecule has 1 fully saturated rings. The first-order chi connectivity index (χ1) is 14.7. The number of benzene rings is 2. The normalized spacial score (nSPS) is 14.9. The van der Waals surface area contributed by atoms with E-state index >= 15 is 0 Å². The molecule has 1 aliphatic heterocycles. The molecule has 0 aromatic heterocycles. The van der Waals surface area contributed by atoms with E-state index in [1.165, 1.54) is 32.4 Å². The summed E-state index contributed by atoms with van der Waals surface area (Å²) in [5, 5.41) is 1.97. The number of methoxy groups -OCH3 is 2. The topological polar surface area (TPSA) is 84.9 Å². The zero-order valence-electron chi connectivity index (χ0n) is 16.2. The summed E-state index contributed by atoms with van der Waals surface area (Å²) in [6.07, 6.45) is 1.47. The summed E-state index contributed by atoms with van der Waals surface area (Å²) in [5.74, 6) is -1.20. The number of nitrogens with zero attached hydrogens (tertiary/aromatic N) is 1. The van der Waals surface area contributed by atoms with E-state index in [-0.39, 0.29) is 20.6 Å². The second-order valence-electron chi connectivity index (χ2n) is 6.18. The summed E-state index contributed by atoms with van der Waals surface area (Å²) in [6, 6.07) is 6.79. The minimum Gasteiger partial charge on any atom is -0.493 e. The van der Waals surface area contributed by atoms with Crippen LogP contribution in [0.3, 0.4) is 0 Å². The van der Waals surface area contributed by atoms with Gasteiger partial charge in [0.2, 0.25) is 5.91 Å². The molecular weight excluding hydrogens is 470 g/mol. The minimum atomic E-state index is -0.639. The lowest BCUT2D eigenvalue weighted by Gasteiger charge is -2.13. The molecule has 2 aromatic carbocycles. The van der Waals surface area contributed by atoms with Crippen molar-refractivity contribution in [1.29, 1.82) is 0 Å². The molecule has 2 aromatic rings. The molecule has 3 rings (SSSR count). The Balaban J connectivity index is 1.75. The van der Waals surface area contributed by atoms with E-state index in [9.17, 15) is 18.8 Å². The molecule has 0 aliphatic carbocycles. The molecule has 0 radical (unpaired) electrons. The molecule has 3 amide bonds. The van der Waals surface area contributed by atoms with Crippen molar-refractivity contribution in [2.24, 2.45) is 0 Å². The molecule has 1 aliphatic rings. The number of amides is 3. The number of carbonyl (C=O) groups is 3. The SMILES string of the molecule is COc1cc(/C=C2\SC(=O)N(CC(=O)Nc3ccc(F)c(Cl)c3)C2=O)cc(Cl)c1OC. The highest BCUT2D eigenvalue weighted by Crippen LogP contribution is 2.38. The van der Waals surface area contributed by atoms with Crippen LogP contribution in [0.5, 0.6) is 11.5 Å². The summed E-state index contributed by atoms with van der Waals surface area (Å²) in [6.45, 7) is -0.510. The van der Waals surface area contributed by atoms with Crippen LogP contribution in [-0.2, 0) is 9.59 Å². The van der Waals surface area contributed by atoms with E-state index in [0.29, 0.717) is 28.8 Å². The van der Waals surface area contributed by atoms with Crippen molar-refractivity contribution in [1.82, 2.24) is 4.90 Å². The Hall–Kier alpha value is -2.75. The number of thioether (sulfide) groups is 1. The summed E-state index contributed by atoms with van der Waals surface area (Å²) in [7, 11) is 2.89. The third kappa shape index (κ3) is 5.12. The minimum absolute atomic E-state index is 0.117. The maximum Gasteiger partial charge on any atom is 0.294 e. The van der Waals surface area contributed by atoms with Gasteiger partial charge in [-0.05, 0) is 53.7 Å². The maximum atomic E-state index is 13.2. The number of ether oxygens (including phenoxy) is 2. The Bertz CT molecular complexity index is 1110. The van der Waals surface area contributed by atoms with Gasteiger partial charge in [0.25, 0.3) is 11.1 Å². The van der Waals surface area contributed by atoms with Crippen molar-refractivity contribution in [2.75, 3.05) is 26.1 Å². The fourth-order valence-electron chi connectivity index (χ4n) is 2.73.